The summed E-state index contributed by atoms with van der Waals surface area (Å²) in [7, 11) is -3.67. The molecule has 28 heavy (non-hydrogen) atoms. The summed E-state index contributed by atoms with van der Waals surface area (Å²) in [4.78, 5) is 12.5. The summed E-state index contributed by atoms with van der Waals surface area (Å²) >= 11 is 6.06. The highest BCUT2D eigenvalue weighted by Gasteiger charge is 2.33. The molecule has 1 N–H and O–H groups in total. The first-order valence-corrected chi connectivity index (χ1v) is 10.7. The maximum absolute atomic E-state index is 13.8. The van der Waals surface area contributed by atoms with Crippen LogP contribution >= 0.6 is 11.6 Å². The fourth-order valence-electron chi connectivity index (χ4n) is 3.14. The van der Waals surface area contributed by atoms with Crippen LogP contribution in [0.4, 0.5) is 14.5 Å². The zero-order chi connectivity index (χ0) is 20.3. The van der Waals surface area contributed by atoms with Gasteiger partial charge in [0.2, 0.25) is 15.9 Å². The summed E-state index contributed by atoms with van der Waals surface area (Å²) in [5.74, 6) is -3.01. The van der Waals surface area contributed by atoms with Crippen molar-refractivity contribution in [1.82, 2.24) is 4.31 Å². The molecule has 0 aliphatic carbocycles. The van der Waals surface area contributed by atoms with Gasteiger partial charge in [-0.1, -0.05) is 29.8 Å². The summed E-state index contributed by atoms with van der Waals surface area (Å²) in [6.45, 7) is 0.308. The molecule has 0 saturated carbocycles. The van der Waals surface area contributed by atoms with E-state index in [1.165, 1.54) is 4.31 Å². The Kier molecular flexibility index (Phi) is 6.32. The molecular formula is C19H19ClF2N2O3S. The van der Waals surface area contributed by atoms with Gasteiger partial charge in [-0.05, 0) is 36.6 Å². The van der Waals surface area contributed by atoms with Gasteiger partial charge in [0, 0.05) is 24.2 Å². The lowest BCUT2D eigenvalue weighted by Gasteiger charge is -2.31. The van der Waals surface area contributed by atoms with E-state index in [0.29, 0.717) is 36.0 Å². The Balaban J connectivity index is 1.69. The molecule has 0 radical (unpaired) electrons. The summed E-state index contributed by atoms with van der Waals surface area (Å²) in [6, 6.07) is 9.55. The number of carbonyl (C=O) groups excluding carboxylic acids is 1. The number of hydrogen-bond acceptors (Lipinski definition) is 3. The van der Waals surface area contributed by atoms with Crippen LogP contribution in [-0.2, 0) is 20.6 Å². The number of nitrogens with one attached hydrogen (secondary N) is 1. The minimum Gasteiger partial charge on any atom is -0.323 e. The van der Waals surface area contributed by atoms with E-state index in [1.807, 2.05) is 0 Å². The van der Waals surface area contributed by atoms with Crippen LogP contribution in [-0.4, -0.2) is 31.7 Å². The van der Waals surface area contributed by atoms with Crippen molar-refractivity contribution < 1.29 is 22.0 Å². The number of benzene rings is 2. The van der Waals surface area contributed by atoms with Gasteiger partial charge in [-0.15, -0.1) is 0 Å². The van der Waals surface area contributed by atoms with Crippen molar-refractivity contribution in [3.8, 4) is 0 Å². The summed E-state index contributed by atoms with van der Waals surface area (Å²) < 4.78 is 53.5. The average molecular weight is 429 g/mol. The molecule has 1 unspecified atom stereocenters. The molecule has 1 fully saturated rings. The minimum absolute atomic E-state index is 0.00142. The predicted octanol–water partition coefficient (Wildman–Crippen LogP) is 3.80. The summed E-state index contributed by atoms with van der Waals surface area (Å²) in [5, 5.41) is 2.78. The molecule has 9 heteroatoms. The Labute approximate surface area is 167 Å². The fraction of sp³-hybridized carbons (Fsp3) is 0.316. The van der Waals surface area contributed by atoms with Gasteiger partial charge in [-0.25, -0.2) is 21.5 Å². The molecule has 0 aromatic heterocycles. The monoisotopic (exact) mass is 428 g/mol. The molecule has 5 nitrogen and oxygen atoms in total. The van der Waals surface area contributed by atoms with Crippen LogP contribution in [0.3, 0.4) is 0 Å². The van der Waals surface area contributed by atoms with Gasteiger partial charge in [0.15, 0.2) is 0 Å². The van der Waals surface area contributed by atoms with Crippen LogP contribution in [0.1, 0.15) is 18.4 Å². The number of piperidine rings is 1. The lowest BCUT2D eigenvalue weighted by Crippen LogP contribution is -2.44. The standard InChI is InChI=1S/C19H19ClF2N2O3S/c20-16-6-2-1-4-14(16)12-28(26,27)24-9-3-5-13(11-24)19(25)23-18-8-7-15(21)10-17(18)22/h1-2,4,6-8,10,13H,3,5,9,11-12H2,(H,23,25). The highest BCUT2D eigenvalue weighted by atomic mass is 35.5. The van der Waals surface area contributed by atoms with E-state index in [0.717, 1.165) is 12.1 Å². The van der Waals surface area contributed by atoms with Gasteiger partial charge in [0.25, 0.3) is 0 Å². The maximum Gasteiger partial charge on any atom is 0.228 e. The van der Waals surface area contributed by atoms with E-state index in [4.69, 9.17) is 11.6 Å². The van der Waals surface area contributed by atoms with Crippen LogP contribution in [0.2, 0.25) is 5.02 Å². The normalized spacial score (nSPS) is 18.0. The van der Waals surface area contributed by atoms with Crippen LogP contribution in [0.25, 0.3) is 0 Å². The van der Waals surface area contributed by atoms with Crippen LogP contribution in [0.15, 0.2) is 42.5 Å². The van der Waals surface area contributed by atoms with Crippen LogP contribution < -0.4 is 5.32 Å². The number of halogens is 3. The Morgan fingerprint density at radius 2 is 1.96 bits per heavy atom. The van der Waals surface area contributed by atoms with E-state index >= 15 is 0 Å². The second kappa shape index (κ2) is 8.55. The highest BCUT2D eigenvalue weighted by molar-refractivity contribution is 7.88. The maximum atomic E-state index is 13.8. The summed E-state index contributed by atoms with van der Waals surface area (Å²) in [6.07, 6.45) is 0.985. The third-order valence-electron chi connectivity index (χ3n) is 4.63. The first-order chi connectivity index (χ1) is 13.3. The largest absolute Gasteiger partial charge is 0.323 e. The van der Waals surface area contributed by atoms with Crippen molar-refractivity contribution in [1.29, 1.82) is 0 Å². The van der Waals surface area contributed by atoms with Gasteiger partial charge >= 0.3 is 0 Å². The van der Waals surface area contributed by atoms with Crippen molar-refractivity contribution in [3.63, 3.8) is 0 Å². The van der Waals surface area contributed by atoms with Crippen LogP contribution in [0.5, 0.6) is 0 Å². The molecule has 1 amide bonds. The predicted molar refractivity (Wildman–Crippen MR) is 103 cm³/mol. The lowest BCUT2D eigenvalue weighted by atomic mass is 9.98. The van der Waals surface area contributed by atoms with Crippen molar-refractivity contribution in [2.24, 2.45) is 5.92 Å². The first-order valence-electron chi connectivity index (χ1n) is 8.73. The van der Waals surface area contributed by atoms with E-state index in [2.05, 4.69) is 5.32 Å². The molecule has 150 valence electrons. The Morgan fingerprint density at radius 1 is 1.21 bits per heavy atom. The Morgan fingerprint density at radius 3 is 2.68 bits per heavy atom. The second-order valence-electron chi connectivity index (χ2n) is 6.66. The zero-order valence-corrected chi connectivity index (χ0v) is 16.4. The van der Waals surface area contributed by atoms with Gasteiger partial charge < -0.3 is 5.32 Å². The molecule has 1 aliphatic rings. The number of rotatable bonds is 5. The third kappa shape index (κ3) is 4.87. The number of anilines is 1. The topological polar surface area (TPSA) is 66.5 Å². The van der Waals surface area contributed by atoms with Gasteiger partial charge in [-0.2, -0.15) is 0 Å². The average Bonchev–Trinajstić information content (AvgIpc) is 2.66. The molecule has 0 spiro atoms. The Bertz CT molecular complexity index is 985. The van der Waals surface area contributed by atoms with E-state index in [1.54, 1.807) is 24.3 Å². The smallest absolute Gasteiger partial charge is 0.228 e. The molecule has 1 saturated heterocycles. The SMILES string of the molecule is O=C(Nc1ccc(F)cc1F)C1CCCN(S(=O)(=O)Cc2ccccc2Cl)C1. The molecule has 2 aromatic carbocycles. The van der Waals surface area contributed by atoms with E-state index in [-0.39, 0.29) is 18.0 Å². The molecular weight excluding hydrogens is 410 g/mol. The molecule has 2 aromatic rings. The highest BCUT2D eigenvalue weighted by Crippen LogP contribution is 2.25. The minimum atomic E-state index is -3.67. The third-order valence-corrected chi connectivity index (χ3v) is 6.80. The van der Waals surface area contributed by atoms with Gasteiger partial charge in [-0.3, -0.25) is 4.79 Å². The number of nitrogens with zero attached hydrogens (tertiary/aromatic N) is 1. The quantitative estimate of drug-likeness (QED) is 0.787. The lowest BCUT2D eigenvalue weighted by molar-refractivity contribution is -0.120. The van der Waals surface area contributed by atoms with Crippen LogP contribution in [0, 0.1) is 17.6 Å². The number of amides is 1. The van der Waals surface area contributed by atoms with Crippen molar-refractivity contribution >= 4 is 33.2 Å². The molecule has 1 atom stereocenters. The molecule has 0 bridgehead atoms. The zero-order valence-electron chi connectivity index (χ0n) is 14.9. The van der Waals surface area contributed by atoms with Crippen molar-refractivity contribution in [2.75, 3.05) is 18.4 Å². The fourth-order valence-corrected chi connectivity index (χ4v) is 5.06. The number of carbonyl (C=O) groups is 1. The van der Waals surface area contributed by atoms with Gasteiger partial charge in [0.05, 0.1) is 17.4 Å². The number of hydrogen-bond donors (Lipinski definition) is 1. The Hall–Kier alpha value is -2.03. The molecule has 3 rings (SSSR count). The van der Waals surface area contributed by atoms with Crippen molar-refractivity contribution in [2.45, 2.75) is 18.6 Å². The summed E-state index contributed by atoms with van der Waals surface area (Å²) in [5.41, 5.74) is 0.353. The molecule has 1 heterocycles. The van der Waals surface area contributed by atoms with Crippen molar-refractivity contribution in [3.05, 3.63) is 64.7 Å². The van der Waals surface area contributed by atoms with E-state index < -0.39 is 33.5 Å². The van der Waals surface area contributed by atoms with E-state index in [9.17, 15) is 22.0 Å². The molecule has 1 aliphatic heterocycles. The number of sulfonamides is 1. The van der Waals surface area contributed by atoms with Gasteiger partial charge in [0.1, 0.15) is 11.6 Å². The first kappa shape index (κ1) is 20.7. The second-order valence-corrected chi connectivity index (χ2v) is 9.03.